The number of aryl methyl sites for hydroxylation is 1. The first-order valence-corrected chi connectivity index (χ1v) is 4.99. The van der Waals surface area contributed by atoms with Crippen molar-refractivity contribution >= 4 is 5.97 Å². The zero-order chi connectivity index (χ0) is 12.0. The Morgan fingerprint density at radius 3 is 2.62 bits per heavy atom. The molecule has 0 fully saturated rings. The van der Waals surface area contributed by atoms with E-state index in [2.05, 4.69) is 4.74 Å². The topological polar surface area (TPSA) is 44.8 Å². The molecular formula is C12H16O4. The number of ether oxygens (including phenoxy) is 3. The van der Waals surface area contributed by atoms with Crippen LogP contribution in [0.15, 0.2) is 18.2 Å². The number of benzene rings is 1. The predicted octanol–water partition coefficient (Wildman–Crippen LogP) is 1.81. The Kier molecular flexibility index (Phi) is 4.79. The predicted molar refractivity (Wildman–Crippen MR) is 59.9 cm³/mol. The molecule has 0 radical (unpaired) electrons. The lowest BCUT2D eigenvalue weighted by Gasteiger charge is -2.10. The summed E-state index contributed by atoms with van der Waals surface area (Å²) in [5, 5.41) is 0. The summed E-state index contributed by atoms with van der Waals surface area (Å²) in [4.78, 5) is 11.4. The van der Waals surface area contributed by atoms with Gasteiger partial charge in [0.2, 0.25) is 0 Å². The van der Waals surface area contributed by atoms with Gasteiger partial charge in [0.05, 0.1) is 13.7 Å². The van der Waals surface area contributed by atoms with Gasteiger partial charge in [0.1, 0.15) is 17.9 Å². The highest BCUT2D eigenvalue weighted by Crippen LogP contribution is 2.21. The zero-order valence-electron chi connectivity index (χ0n) is 9.78. The molecule has 0 atom stereocenters. The van der Waals surface area contributed by atoms with Crippen molar-refractivity contribution in [3.63, 3.8) is 0 Å². The Balaban J connectivity index is 2.85. The van der Waals surface area contributed by atoms with E-state index in [4.69, 9.17) is 9.47 Å². The summed E-state index contributed by atoms with van der Waals surface area (Å²) in [6, 6.07) is 5.35. The Bertz CT molecular complexity index is 360. The summed E-state index contributed by atoms with van der Waals surface area (Å²) in [5.74, 6) is 0.135. The second-order valence-electron chi connectivity index (χ2n) is 3.33. The average molecular weight is 224 g/mol. The maximum atomic E-state index is 11.4. The molecule has 1 aromatic rings. The third-order valence-corrected chi connectivity index (χ3v) is 2.09. The standard InChI is InChI=1S/C12H16O4/c1-9-4-5-10(12(13)15-3)11(8-9)16-7-6-14-2/h4-5,8H,6-7H2,1-3H3. The van der Waals surface area contributed by atoms with Crippen LogP contribution in [-0.4, -0.2) is 33.4 Å². The monoisotopic (exact) mass is 224 g/mol. The molecule has 0 bridgehead atoms. The first-order chi connectivity index (χ1) is 7.69. The minimum atomic E-state index is -0.396. The molecule has 0 saturated heterocycles. The molecule has 88 valence electrons. The van der Waals surface area contributed by atoms with Crippen molar-refractivity contribution in [3.05, 3.63) is 29.3 Å². The van der Waals surface area contributed by atoms with E-state index < -0.39 is 5.97 Å². The van der Waals surface area contributed by atoms with Gasteiger partial charge in [-0.1, -0.05) is 6.07 Å². The molecule has 1 rings (SSSR count). The van der Waals surface area contributed by atoms with Crippen LogP contribution in [0.3, 0.4) is 0 Å². The summed E-state index contributed by atoms with van der Waals surface area (Å²) in [7, 11) is 2.95. The minimum Gasteiger partial charge on any atom is -0.490 e. The Labute approximate surface area is 95.1 Å². The van der Waals surface area contributed by atoms with Crippen molar-refractivity contribution in [2.45, 2.75) is 6.92 Å². The van der Waals surface area contributed by atoms with E-state index in [1.165, 1.54) is 7.11 Å². The van der Waals surface area contributed by atoms with E-state index in [0.29, 0.717) is 24.5 Å². The van der Waals surface area contributed by atoms with Crippen molar-refractivity contribution in [3.8, 4) is 5.75 Å². The SMILES string of the molecule is COCCOc1cc(C)ccc1C(=O)OC. The van der Waals surface area contributed by atoms with Gasteiger partial charge in [-0.15, -0.1) is 0 Å². The van der Waals surface area contributed by atoms with Crippen LogP contribution in [0.2, 0.25) is 0 Å². The number of hydrogen-bond acceptors (Lipinski definition) is 4. The van der Waals surface area contributed by atoms with E-state index in [-0.39, 0.29) is 0 Å². The van der Waals surface area contributed by atoms with Gasteiger partial charge in [-0.2, -0.15) is 0 Å². The largest absolute Gasteiger partial charge is 0.490 e. The fourth-order valence-corrected chi connectivity index (χ4v) is 1.26. The quantitative estimate of drug-likeness (QED) is 0.565. The Hall–Kier alpha value is -1.55. The first-order valence-electron chi connectivity index (χ1n) is 4.99. The fraction of sp³-hybridized carbons (Fsp3) is 0.417. The van der Waals surface area contributed by atoms with E-state index in [1.807, 2.05) is 19.1 Å². The number of carbonyl (C=O) groups excluding carboxylic acids is 1. The number of rotatable bonds is 5. The lowest BCUT2D eigenvalue weighted by atomic mass is 10.1. The molecule has 0 aromatic heterocycles. The molecule has 0 aliphatic carbocycles. The second kappa shape index (κ2) is 6.12. The Morgan fingerprint density at radius 1 is 1.25 bits per heavy atom. The van der Waals surface area contributed by atoms with Gasteiger partial charge in [-0.25, -0.2) is 4.79 Å². The number of methoxy groups -OCH3 is 2. The lowest BCUT2D eigenvalue weighted by Crippen LogP contribution is -2.09. The molecule has 0 heterocycles. The lowest BCUT2D eigenvalue weighted by molar-refractivity contribution is 0.0594. The summed E-state index contributed by atoms with van der Waals surface area (Å²) >= 11 is 0. The van der Waals surface area contributed by atoms with E-state index >= 15 is 0 Å². The molecule has 0 spiro atoms. The molecule has 16 heavy (non-hydrogen) atoms. The molecule has 0 unspecified atom stereocenters. The van der Waals surface area contributed by atoms with Crippen molar-refractivity contribution in [2.24, 2.45) is 0 Å². The van der Waals surface area contributed by atoms with Gasteiger partial charge in [0.15, 0.2) is 0 Å². The minimum absolute atomic E-state index is 0.396. The number of hydrogen-bond donors (Lipinski definition) is 0. The van der Waals surface area contributed by atoms with Gasteiger partial charge in [0, 0.05) is 7.11 Å². The summed E-state index contributed by atoms with van der Waals surface area (Å²) in [6.07, 6.45) is 0. The smallest absolute Gasteiger partial charge is 0.341 e. The molecule has 1 aromatic carbocycles. The van der Waals surface area contributed by atoms with Gasteiger partial charge >= 0.3 is 5.97 Å². The first kappa shape index (κ1) is 12.5. The van der Waals surface area contributed by atoms with Crippen LogP contribution in [0.5, 0.6) is 5.75 Å². The fourth-order valence-electron chi connectivity index (χ4n) is 1.26. The van der Waals surface area contributed by atoms with Crippen LogP contribution in [0.25, 0.3) is 0 Å². The molecule has 0 aliphatic heterocycles. The van der Waals surface area contributed by atoms with Crippen LogP contribution < -0.4 is 4.74 Å². The van der Waals surface area contributed by atoms with Crippen molar-refractivity contribution in [1.82, 2.24) is 0 Å². The molecule has 0 aliphatic rings. The molecule has 4 nitrogen and oxygen atoms in total. The maximum absolute atomic E-state index is 11.4. The highest BCUT2D eigenvalue weighted by molar-refractivity contribution is 5.92. The van der Waals surface area contributed by atoms with Gasteiger partial charge in [-0.3, -0.25) is 0 Å². The molecule has 0 saturated carbocycles. The third kappa shape index (κ3) is 3.24. The molecular weight excluding hydrogens is 208 g/mol. The second-order valence-corrected chi connectivity index (χ2v) is 3.33. The zero-order valence-corrected chi connectivity index (χ0v) is 9.78. The van der Waals surface area contributed by atoms with Crippen LogP contribution in [0, 0.1) is 6.92 Å². The summed E-state index contributed by atoms with van der Waals surface area (Å²) < 4.78 is 15.0. The Morgan fingerprint density at radius 2 is 2.00 bits per heavy atom. The number of carbonyl (C=O) groups is 1. The van der Waals surface area contributed by atoms with Crippen LogP contribution >= 0.6 is 0 Å². The average Bonchev–Trinajstić information content (AvgIpc) is 2.29. The van der Waals surface area contributed by atoms with E-state index in [0.717, 1.165) is 5.56 Å². The van der Waals surface area contributed by atoms with Crippen LogP contribution in [0.1, 0.15) is 15.9 Å². The van der Waals surface area contributed by atoms with Gasteiger partial charge < -0.3 is 14.2 Å². The van der Waals surface area contributed by atoms with Crippen LogP contribution in [0.4, 0.5) is 0 Å². The summed E-state index contributed by atoms with van der Waals surface area (Å²) in [6.45, 7) is 2.82. The number of esters is 1. The van der Waals surface area contributed by atoms with Crippen molar-refractivity contribution in [1.29, 1.82) is 0 Å². The molecule has 0 amide bonds. The molecule has 4 heteroatoms. The third-order valence-electron chi connectivity index (χ3n) is 2.09. The van der Waals surface area contributed by atoms with Gasteiger partial charge in [0.25, 0.3) is 0 Å². The normalized spacial score (nSPS) is 9.94. The van der Waals surface area contributed by atoms with Crippen LogP contribution in [-0.2, 0) is 9.47 Å². The van der Waals surface area contributed by atoms with Crippen molar-refractivity contribution in [2.75, 3.05) is 27.4 Å². The highest BCUT2D eigenvalue weighted by atomic mass is 16.5. The van der Waals surface area contributed by atoms with Gasteiger partial charge in [-0.05, 0) is 24.6 Å². The molecule has 0 N–H and O–H groups in total. The van der Waals surface area contributed by atoms with Crippen molar-refractivity contribution < 1.29 is 19.0 Å². The van der Waals surface area contributed by atoms with E-state index in [1.54, 1.807) is 13.2 Å². The van der Waals surface area contributed by atoms with E-state index in [9.17, 15) is 4.79 Å². The maximum Gasteiger partial charge on any atom is 0.341 e. The highest BCUT2D eigenvalue weighted by Gasteiger charge is 2.12. The summed E-state index contributed by atoms with van der Waals surface area (Å²) in [5.41, 5.74) is 1.46.